The van der Waals surface area contributed by atoms with E-state index in [1.807, 2.05) is 31.2 Å². The lowest BCUT2D eigenvalue weighted by Crippen LogP contribution is -2.44. The molecule has 0 aromatic heterocycles. The molecule has 162 valence electrons. The Kier molecular flexibility index (Phi) is 9.30. The third kappa shape index (κ3) is 7.20. The molecular formula is C22H30N4O4. The number of ether oxygens (including phenoxy) is 3. The minimum Gasteiger partial charge on any atom is -0.497 e. The molecule has 1 unspecified atom stereocenters. The third-order valence-electron chi connectivity index (χ3n) is 4.21. The van der Waals surface area contributed by atoms with Gasteiger partial charge in [0.05, 0.1) is 20.8 Å². The summed E-state index contributed by atoms with van der Waals surface area (Å²) in [5.74, 6) is 2.50. The fourth-order valence-corrected chi connectivity index (χ4v) is 2.66. The zero-order valence-corrected chi connectivity index (χ0v) is 17.9. The second-order valence-electron chi connectivity index (χ2n) is 6.45. The van der Waals surface area contributed by atoms with E-state index >= 15 is 0 Å². The summed E-state index contributed by atoms with van der Waals surface area (Å²) >= 11 is 0. The van der Waals surface area contributed by atoms with Crippen LogP contribution in [-0.4, -0.2) is 58.9 Å². The maximum absolute atomic E-state index is 12.2. The second kappa shape index (κ2) is 12.2. The Labute approximate surface area is 177 Å². The summed E-state index contributed by atoms with van der Waals surface area (Å²) in [6.07, 6.45) is -0.104. The first-order chi connectivity index (χ1) is 14.6. The smallest absolute Gasteiger partial charge is 0.251 e. The monoisotopic (exact) mass is 414 g/mol. The largest absolute Gasteiger partial charge is 0.497 e. The molecule has 1 amide bonds. The zero-order chi connectivity index (χ0) is 21.8. The van der Waals surface area contributed by atoms with Crippen LogP contribution in [0.1, 0.15) is 17.3 Å². The van der Waals surface area contributed by atoms with Gasteiger partial charge in [-0.15, -0.1) is 0 Å². The number of rotatable bonds is 10. The van der Waals surface area contributed by atoms with Gasteiger partial charge >= 0.3 is 0 Å². The van der Waals surface area contributed by atoms with Crippen molar-refractivity contribution in [1.82, 2.24) is 16.0 Å². The van der Waals surface area contributed by atoms with Crippen molar-refractivity contribution >= 4 is 11.9 Å². The van der Waals surface area contributed by atoms with Crippen LogP contribution in [0.2, 0.25) is 0 Å². The molecule has 0 saturated carbocycles. The molecule has 3 N–H and O–H groups in total. The van der Waals surface area contributed by atoms with Crippen LogP contribution >= 0.6 is 0 Å². The summed E-state index contributed by atoms with van der Waals surface area (Å²) in [5.41, 5.74) is 0.555. The van der Waals surface area contributed by atoms with Crippen LogP contribution < -0.4 is 30.2 Å². The number of carbonyl (C=O) groups excluding carboxylic acids is 1. The highest BCUT2D eigenvalue weighted by atomic mass is 16.5. The minimum atomic E-state index is -0.155. The Balaban J connectivity index is 1.71. The van der Waals surface area contributed by atoms with Crippen LogP contribution in [-0.2, 0) is 0 Å². The lowest BCUT2D eigenvalue weighted by Gasteiger charge is -2.19. The molecule has 0 bridgehead atoms. The van der Waals surface area contributed by atoms with Crippen LogP contribution in [0.4, 0.5) is 0 Å². The molecule has 0 aliphatic heterocycles. The number of aliphatic imine (C=N–C) groups is 1. The summed E-state index contributed by atoms with van der Waals surface area (Å²) in [6.45, 7) is 3.48. The average molecular weight is 415 g/mol. The number of nitrogens with one attached hydrogen (secondary N) is 3. The van der Waals surface area contributed by atoms with Gasteiger partial charge in [-0.05, 0) is 37.3 Å². The highest BCUT2D eigenvalue weighted by Gasteiger charge is 2.10. The Bertz CT molecular complexity index is 841. The first-order valence-corrected chi connectivity index (χ1v) is 9.73. The van der Waals surface area contributed by atoms with E-state index in [4.69, 9.17) is 14.2 Å². The SMILES string of the molecule is CN=C(NCCNC(=O)c1cccc(OC)c1)NCC(C)Oc1ccccc1OC. The predicted molar refractivity (Wildman–Crippen MR) is 118 cm³/mol. The topological polar surface area (TPSA) is 93.2 Å². The van der Waals surface area contributed by atoms with Gasteiger partial charge in [-0.2, -0.15) is 0 Å². The van der Waals surface area contributed by atoms with Gasteiger partial charge in [-0.1, -0.05) is 18.2 Å². The minimum absolute atomic E-state index is 0.104. The van der Waals surface area contributed by atoms with Crippen LogP contribution in [0.15, 0.2) is 53.5 Å². The van der Waals surface area contributed by atoms with Gasteiger partial charge < -0.3 is 30.2 Å². The Morgan fingerprint density at radius 3 is 2.40 bits per heavy atom. The normalized spacial score (nSPS) is 11.9. The number of methoxy groups -OCH3 is 2. The van der Waals surface area contributed by atoms with Gasteiger partial charge in [0.15, 0.2) is 17.5 Å². The first-order valence-electron chi connectivity index (χ1n) is 9.73. The van der Waals surface area contributed by atoms with Gasteiger partial charge in [-0.3, -0.25) is 9.79 Å². The standard InChI is InChI=1S/C22H30N4O4/c1-16(30-20-11-6-5-10-19(20)29-4)15-26-22(23-2)25-13-12-24-21(27)17-8-7-9-18(14-17)28-3/h5-11,14,16H,12-13,15H2,1-4H3,(H,24,27)(H2,23,25,26). The maximum atomic E-state index is 12.2. The molecule has 8 nitrogen and oxygen atoms in total. The summed E-state index contributed by atoms with van der Waals surface area (Å²) in [7, 11) is 4.88. The number of para-hydroxylation sites is 2. The van der Waals surface area contributed by atoms with E-state index in [2.05, 4.69) is 20.9 Å². The quantitative estimate of drug-likeness (QED) is 0.313. The highest BCUT2D eigenvalue weighted by molar-refractivity contribution is 5.94. The number of nitrogens with zero attached hydrogens (tertiary/aromatic N) is 1. The molecule has 2 aromatic rings. The molecule has 2 rings (SSSR count). The van der Waals surface area contributed by atoms with Crippen LogP contribution in [0.25, 0.3) is 0 Å². The second-order valence-corrected chi connectivity index (χ2v) is 6.45. The molecule has 0 saturated heterocycles. The molecule has 0 aliphatic rings. The highest BCUT2D eigenvalue weighted by Crippen LogP contribution is 2.26. The number of hydrogen-bond acceptors (Lipinski definition) is 5. The summed E-state index contributed by atoms with van der Waals surface area (Å²) < 4.78 is 16.4. The van der Waals surface area contributed by atoms with Gasteiger partial charge in [0.2, 0.25) is 0 Å². The van der Waals surface area contributed by atoms with Crippen LogP contribution in [0.5, 0.6) is 17.2 Å². The molecule has 0 fully saturated rings. The molecule has 0 spiro atoms. The van der Waals surface area contributed by atoms with Crippen molar-refractivity contribution in [3.63, 3.8) is 0 Å². The fraction of sp³-hybridized carbons (Fsp3) is 0.364. The van der Waals surface area contributed by atoms with Gasteiger partial charge in [0.25, 0.3) is 5.91 Å². The maximum Gasteiger partial charge on any atom is 0.251 e. The van der Waals surface area contributed by atoms with Crippen molar-refractivity contribution in [2.45, 2.75) is 13.0 Å². The van der Waals surface area contributed by atoms with E-state index < -0.39 is 0 Å². The van der Waals surface area contributed by atoms with Crippen molar-refractivity contribution in [2.24, 2.45) is 4.99 Å². The van der Waals surface area contributed by atoms with Crippen molar-refractivity contribution < 1.29 is 19.0 Å². The summed E-state index contributed by atoms with van der Waals surface area (Å²) in [4.78, 5) is 16.4. The molecule has 0 aliphatic carbocycles. The Morgan fingerprint density at radius 1 is 0.967 bits per heavy atom. The van der Waals surface area contributed by atoms with Gasteiger partial charge in [0, 0.05) is 25.7 Å². The van der Waals surface area contributed by atoms with Gasteiger partial charge in [-0.25, -0.2) is 0 Å². The molecule has 30 heavy (non-hydrogen) atoms. The number of carbonyl (C=O) groups is 1. The Hall–Kier alpha value is -3.42. The molecular weight excluding hydrogens is 384 g/mol. The van der Waals surface area contributed by atoms with Crippen molar-refractivity contribution in [3.8, 4) is 17.2 Å². The van der Waals surface area contributed by atoms with Gasteiger partial charge in [0.1, 0.15) is 11.9 Å². The van der Waals surface area contributed by atoms with E-state index in [0.717, 1.165) is 0 Å². The van der Waals surface area contributed by atoms with E-state index in [1.54, 1.807) is 45.5 Å². The Morgan fingerprint density at radius 2 is 1.70 bits per heavy atom. The zero-order valence-electron chi connectivity index (χ0n) is 17.9. The summed E-state index contributed by atoms with van der Waals surface area (Å²) in [6, 6.07) is 14.6. The fourth-order valence-electron chi connectivity index (χ4n) is 2.66. The predicted octanol–water partition coefficient (Wildman–Crippen LogP) is 2.07. The lowest BCUT2D eigenvalue weighted by molar-refractivity contribution is 0.0954. The van der Waals surface area contributed by atoms with Crippen molar-refractivity contribution in [1.29, 1.82) is 0 Å². The number of benzene rings is 2. The van der Waals surface area contributed by atoms with Crippen LogP contribution in [0.3, 0.4) is 0 Å². The molecule has 0 radical (unpaired) electrons. The van der Waals surface area contributed by atoms with E-state index in [-0.39, 0.29) is 12.0 Å². The average Bonchev–Trinajstić information content (AvgIpc) is 2.78. The van der Waals surface area contributed by atoms with E-state index in [1.165, 1.54) is 0 Å². The molecule has 0 heterocycles. The first kappa shape index (κ1) is 22.9. The lowest BCUT2D eigenvalue weighted by atomic mass is 10.2. The molecule has 1 atom stereocenters. The van der Waals surface area contributed by atoms with E-state index in [9.17, 15) is 4.79 Å². The number of hydrogen-bond donors (Lipinski definition) is 3. The van der Waals surface area contributed by atoms with Crippen molar-refractivity contribution in [2.75, 3.05) is 40.9 Å². The van der Waals surface area contributed by atoms with Crippen LogP contribution in [0, 0.1) is 0 Å². The van der Waals surface area contributed by atoms with Crippen molar-refractivity contribution in [3.05, 3.63) is 54.1 Å². The number of guanidine groups is 1. The summed E-state index contributed by atoms with van der Waals surface area (Å²) in [5, 5.41) is 9.23. The molecule has 2 aromatic carbocycles. The third-order valence-corrected chi connectivity index (χ3v) is 4.21. The van der Waals surface area contributed by atoms with E-state index in [0.29, 0.717) is 48.4 Å². The molecule has 8 heteroatoms. The number of amides is 1.